The average molecular weight is 238 g/mol. The summed E-state index contributed by atoms with van der Waals surface area (Å²) in [4.78, 5) is 0. The second-order valence-corrected chi connectivity index (χ2v) is 4.39. The molecule has 0 aliphatic heterocycles. The standard InChI is InChI=1S/C14H22O3/c1-10(2)17-11(3)8-12-6-7-13(15-4)14(9-12)16-5/h6-7,9-11H,8H2,1-5H3. The van der Waals surface area contributed by atoms with Crippen molar-refractivity contribution in [1.82, 2.24) is 0 Å². The summed E-state index contributed by atoms with van der Waals surface area (Å²) in [5.41, 5.74) is 1.19. The maximum atomic E-state index is 5.71. The topological polar surface area (TPSA) is 27.7 Å². The van der Waals surface area contributed by atoms with Crippen LogP contribution in [0.25, 0.3) is 0 Å². The van der Waals surface area contributed by atoms with Gasteiger partial charge in [-0.25, -0.2) is 0 Å². The van der Waals surface area contributed by atoms with Crippen molar-refractivity contribution < 1.29 is 14.2 Å². The summed E-state index contributed by atoms with van der Waals surface area (Å²) in [7, 11) is 3.29. The number of benzene rings is 1. The van der Waals surface area contributed by atoms with Crippen LogP contribution in [0, 0.1) is 0 Å². The van der Waals surface area contributed by atoms with Gasteiger partial charge in [-0.05, 0) is 44.9 Å². The Kier molecular flexibility index (Phi) is 5.29. The van der Waals surface area contributed by atoms with Gasteiger partial charge in [0.05, 0.1) is 26.4 Å². The monoisotopic (exact) mass is 238 g/mol. The summed E-state index contributed by atoms with van der Waals surface area (Å²) in [6, 6.07) is 5.97. The molecule has 0 radical (unpaired) electrons. The van der Waals surface area contributed by atoms with Gasteiger partial charge in [0.25, 0.3) is 0 Å². The Balaban J connectivity index is 2.72. The van der Waals surface area contributed by atoms with Gasteiger partial charge in [-0.1, -0.05) is 6.07 Å². The maximum Gasteiger partial charge on any atom is 0.160 e. The minimum atomic E-state index is 0.202. The van der Waals surface area contributed by atoms with Crippen LogP contribution in [0.15, 0.2) is 18.2 Å². The Morgan fingerprint density at radius 3 is 2.18 bits per heavy atom. The van der Waals surface area contributed by atoms with E-state index in [1.165, 1.54) is 5.56 Å². The third kappa shape index (κ3) is 4.27. The van der Waals surface area contributed by atoms with E-state index in [0.717, 1.165) is 17.9 Å². The predicted octanol–water partition coefficient (Wildman–Crippen LogP) is 3.06. The lowest BCUT2D eigenvalue weighted by Crippen LogP contribution is -2.16. The van der Waals surface area contributed by atoms with E-state index in [1.54, 1.807) is 14.2 Å². The van der Waals surface area contributed by atoms with Crippen molar-refractivity contribution in [2.45, 2.75) is 39.4 Å². The van der Waals surface area contributed by atoms with E-state index in [2.05, 4.69) is 6.92 Å². The number of rotatable bonds is 6. The van der Waals surface area contributed by atoms with Gasteiger partial charge in [0.15, 0.2) is 11.5 Å². The first-order valence-corrected chi connectivity index (χ1v) is 5.93. The highest BCUT2D eigenvalue weighted by Crippen LogP contribution is 2.28. The first-order chi connectivity index (χ1) is 8.06. The Morgan fingerprint density at radius 2 is 1.65 bits per heavy atom. The molecule has 0 aliphatic rings. The van der Waals surface area contributed by atoms with Crippen molar-refractivity contribution in [3.8, 4) is 11.5 Å². The van der Waals surface area contributed by atoms with Gasteiger partial charge >= 0.3 is 0 Å². The Labute approximate surface area is 104 Å². The molecular weight excluding hydrogens is 216 g/mol. The van der Waals surface area contributed by atoms with E-state index in [1.807, 2.05) is 32.0 Å². The van der Waals surface area contributed by atoms with Crippen LogP contribution < -0.4 is 9.47 Å². The molecule has 0 heterocycles. The van der Waals surface area contributed by atoms with Crippen molar-refractivity contribution in [2.24, 2.45) is 0 Å². The third-order valence-electron chi connectivity index (χ3n) is 2.48. The molecule has 0 aromatic heterocycles. The molecule has 1 aromatic rings. The molecule has 1 atom stereocenters. The number of ether oxygens (including phenoxy) is 3. The summed E-state index contributed by atoms with van der Waals surface area (Å²) in [6.45, 7) is 6.17. The SMILES string of the molecule is COc1ccc(CC(C)OC(C)C)cc1OC. The molecule has 0 saturated heterocycles. The van der Waals surface area contributed by atoms with Gasteiger partial charge in [-0.2, -0.15) is 0 Å². The summed E-state index contributed by atoms with van der Waals surface area (Å²) >= 11 is 0. The summed E-state index contributed by atoms with van der Waals surface area (Å²) < 4.78 is 16.2. The van der Waals surface area contributed by atoms with E-state index < -0.39 is 0 Å². The van der Waals surface area contributed by atoms with Crippen LogP contribution in [0.5, 0.6) is 11.5 Å². The molecule has 0 saturated carbocycles. The molecule has 0 N–H and O–H groups in total. The quantitative estimate of drug-likeness (QED) is 0.762. The number of hydrogen-bond donors (Lipinski definition) is 0. The highest BCUT2D eigenvalue weighted by atomic mass is 16.5. The molecule has 0 aliphatic carbocycles. The molecule has 1 rings (SSSR count). The molecule has 3 heteroatoms. The lowest BCUT2D eigenvalue weighted by atomic mass is 10.1. The fourth-order valence-corrected chi connectivity index (χ4v) is 1.85. The molecule has 0 fully saturated rings. The normalized spacial score (nSPS) is 12.6. The van der Waals surface area contributed by atoms with Gasteiger partial charge in [0.2, 0.25) is 0 Å². The van der Waals surface area contributed by atoms with Crippen LogP contribution in [0.3, 0.4) is 0 Å². The second-order valence-electron chi connectivity index (χ2n) is 4.39. The molecule has 17 heavy (non-hydrogen) atoms. The molecule has 3 nitrogen and oxygen atoms in total. The molecule has 0 bridgehead atoms. The fourth-order valence-electron chi connectivity index (χ4n) is 1.85. The molecule has 1 unspecified atom stereocenters. The van der Waals surface area contributed by atoms with Crippen molar-refractivity contribution in [1.29, 1.82) is 0 Å². The highest BCUT2D eigenvalue weighted by molar-refractivity contribution is 5.43. The zero-order valence-corrected chi connectivity index (χ0v) is 11.3. The van der Waals surface area contributed by atoms with E-state index in [-0.39, 0.29) is 12.2 Å². The first kappa shape index (κ1) is 13.8. The lowest BCUT2D eigenvalue weighted by Gasteiger charge is -2.17. The zero-order valence-electron chi connectivity index (χ0n) is 11.3. The van der Waals surface area contributed by atoms with Crippen molar-refractivity contribution in [3.63, 3.8) is 0 Å². The summed E-state index contributed by atoms with van der Waals surface area (Å²) in [5, 5.41) is 0. The van der Waals surface area contributed by atoms with Gasteiger partial charge in [-0.15, -0.1) is 0 Å². The molecule has 1 aromatic carbocycles. The molecular formula is C14H22O3. The van der Waals surface area contributed by atoms with E-state index in [4.69, 9.17) is 14.2 Å². The van der Waals surface area contributed by atoms with Gasteiger partial charge in [0, 0.05) is 0 Å². The van der Waals surface area contributed by atoms with Gasteiger partial charge in [-0.3, -0.25) is 0 Å². The Bertz CT molecular complexity index is 347. The number of hydrogen-bond acceptors (Lipinski definition) is 3. The smallest absolute Gasteiger partial charge is 0.160 e. The third-order valence-corrected chi connectivity index (χ3v) is 2.48. The highest BCUT2D eigenvalue weighted by Gasteiger charge is 2.09. The average Bonchev–Trinajstić information content (AvgIpc) is 2.27. The molecule has 0 amide bonds. The molecule has 0 spiro atoms. The van der Waals surface area contributed by atoms with Crippen molar-refractivity contribution >= 4 is 0 Å². The maximum absolute atomic E-state index is 5.71. The largest absolute Gasteiger partial charge is 0.493 e. The van der Waals surface area contributed by atoms with Crippen molar-refractivity contribution in [2.75, 3.05) is 14.2 Å². The van der Waals surface area contributed by atoms with Crippen LogP contribution in [-0.4, -0.2) is 26.4 Å². The fraction of sp³-hybridized carbons (Fsp3) is 0.571. The minimum absolute atomic E-state index is 0.202. The van der Waals surface area contributed by atoms with Crippen LogP contribution in [-0.2, 0) is 11.2 Å². The Morgan fingerprint density at radius 1 is 1.00 bits per heavy atom. The van der Waals surface area contributed by atoms with Gasteiger partial charge in [0.1, 0.15) is 0 Å². The number of methoxy groups -OCH3 is 2. The minimum Gasteiger partial charge on any atom is -0.493 e. The van der Waals surface area contributed by atoms with Crippen LogP contribution in [0.1, 0.15) is 26.3 Å². The predicted molar refractivity (Wildman–Crippen MR) is 68.9 cm³/mol. The van der Waals surface area contributed by atoms with E-state index in [0.29, 0.717) is 0 Å². The van der Waals surface area contributed by atoms with Gasteiger partial charge < -0.3 is 14.2 Å². The lowest BCUT2D eigenvalue weighted by molar-refractivity contribution is 0.0194. The first-order valence-electron chi connectivity index (χ1n) is 5.93. The summed E-state index contributed by atoms with van der Waals surface area (Å²) in [5.74, 6) is 1.52. The van der Waals surface area contributed by atoms with Crippen molar-refractivity contribution in [3.05, 3.63) is 23.8 Å². The van der Waals surface area contributed by atoms with Crippen LogP contribution in [0.2, 0.25) is 0 Å². The summed E-state index contributed by atoms with van der Waals surface area (Å²) in [6.07, 6.45) is 1.33. The van der Waals surface area contributed by atoms with E-state index in [9.17, 15) is 0 Å². The van der Waals surface area contributed by atoms with Crippen LogP contribution >= 0.6 is 0 Å². The van der Waals surface area contributed by atoms with E-state index >= 15 is 0 Å². The second kappa shape index (κ2) is 6.50. The zero-order chi connectivity index (χ0) is 12.8. The Hall–Kier alpha value is -1.22. The molecule has 96 valence electrons. The van der Waals surface area contributed by atoms with Crippen LogP contribution in [0.4, 0.5) is 0 Å².